The third-order valence-electron chi connectivity index (χ3n) is 4.83. The molecule has 0 aliphatic carbocycles. The molecule has 0 aliphatic heterocycles. The lowest BCUT2D eigenvalue weighted by molar-refractivity contribution is -0.182. The summed E-state index contributed by atoms with van der Waals surface area (Å²) in [6.45, 7) is 0. The minimum absolute atomic E-state index is 0.0391. The molecule has 5 N–H and O–H groups in total. The van der Waals surface area contributed by atoms with E-state index in [0.717, 1.165) is 12.1 Å². The predicted molar refractivity (Wildman–Crippen MR) is 134 cm³/mol. The fourth-order valence-electron chi connectivity index (χ4n) is 3.24. The van der Waals surface area contributed by atoms with Gasteiger partial charge < -0.3 is 5.32 Å². The molecule has 18 heteroatoms. The van der Waals surface area contributed by atoms with Gasteiger partial charge in [0.2, 0.25) is 17.2 Å². The van der Waals surface area contributed by atoms with Gasteiger partial charge in [-0.15, -0.1) is 0 Å². The van der Waals surface area contributed by atoms with Gasteiger partial charge in [-0.25, -0.2) is 10.2 Å². The molecule has 0 unspecified atom stereocenters. The van der Waals surface area contributed by atoms with Crippen LogP contribution in [0, 0.1) is 0 Å². The standard InChI is InChI=1S/C20H15ClN6O9S2/c21-18-23-19(22-13-7-5-11(6-8-13)17(28)36-29)25-20(24-18)26-27(38(33,34)35)16-10-14(37(30,31)32)9-12-3-1-2-4-15(12)16/h1-10,29H,(H,30,31,32)(H,33,34,35)(H2,22,23,24,25,26). The van der Waals surface area contributed by atoms with E-state index in [1.165, 1.54) is 42.5 Å². The Balaban J connectivity index is 1.74. The zero-order valence-electron chi connectivity index (χ0n) is 18.5. The van der Waals surface area contributed by atoms with Crippen LogP contribution in [0.2, 0.25) is 5.28 Å². The van der Waals surface area contributed by atoms with E-state index < -0.39 is 48.2 Å². The number of aromatic nitrogens is 3. The molecule has 4 aromatic rings. The molecule has 38 heavy (non-hydrogen) atoms. The van der Waals surface area contributed by atoms with Crippen molar-refractivity contribution >= 4 is 72.0 Å². The third kappa shape index (κ3) is 6.05. The molecular formula is C20H15ClN6O9S2. The normalized spacial score (nSPS) is 11.7. The van der Waals surface area contributed by atoms with Crippen LogP contribution in [-0.2, 0) is 25.3 Å². The lowest BCUT2D eigenvalue weighted by Gasteiger charge is -2.23. The molecule has 0 aliphatic rings. The van der Waals surface area contributed by atoms with Crippen molar-refractivity contribution in [1.82, 2.24) is 15.0 Å². The number of fused-ring (bicyclic) bond motifs is 1. The quantitative estimate of drug-likeness (QED) is 0.114. The van der Waals surface area contributed by atoms with Gasteiger partial charge in [0, 0.05) is 11.1 Å². The highest BCUT2D eigenvalue weighted by atomic mass is 35.5. The molecule has 0 radical (unpaired) electrons. The maximum Gasteiger partial charge on any atom is 0.377 e. The summed E-state index contributed by atoms with van der Waals surface area (Å²) in [7, 11) is -9.93. The second kappa shape index (κ2) is 10.3. The second-order valence-corrected chi connectivity index (χ2v) is 10.3. The van der Waals surface area contributed by atoms with Gasteiger partial charge >= 0.3 is 16.3 Å². The first-order valence-corrected chi connectivity index (χ1v) is 13.3. The largest absolute Gasteiger partial charge is 0.377 e. The number of hydrogen-bond donors (Lipinski definition) is 5. The maximum absolute atomic E-state index is 12.3. The molecule has 0 bridgehead atoms. The molecule has 198 valence electrons. The highest BCUT2D eigenvalue weighted by Gasteiger charge is 2.26. The van der Waals surface area contributed by atoms with E-state index >= 15 is 0 Å². The fourth-order valence-corrected chi connectivity index (χ4v) is 4.53. The first-order valence-electron chi connectivity index (χ1n) is 10.0. The average Bonchev–Trinajstić information content (AvgIpc) is 2.85. The smallest absolute Gasteiger partial charge is 0.324 e. The zero-order chi connectivity index (χ0) is 27.7. The summed E-state index contributed by atoms with van der Waals surface area (Å²) < 4.78 is 68.0. The SMILES string of the molecule is O=C(OO)c1ccc(Nc2nc(Cl)nc(NN(c3cc(S(=O)(=O)O)cc4ccccc34)S(=O)(=O)O)n2)cc1. The van der Waals surface area contributed by atoms with E-state index in [1.807, 2.05) is 0 Å². The summed E-state index contributed by atoms with van der Waals surface area (Å²) in [5, 5.41) is 11.2. The molecule has 1 aromatic heterocycles. The van der Waals surface area contributed by atoms with E-state index in [9.17, 15) is 30.7 Å². The molecule has 15 nitrogen and oxygen atoms in total. The second-order valence-electron chi connectivity index (χ2n) is 7.33. The summed E-state index contributed by atoms with van der Waals surface area (Å²) in [5.41, 5.74) is 2.23. The predicted octanol–water partition coefficient (Wildman–Crippen LogP) is 2.93. The number of hydrogen-bond acceptors (Lipinski definition) is 12. The first-order chi connectivity index (χ1) is 17.8. The van der Waals surface area contributed by atoms with Crippen LogP contribution in [0.3, 0.4) is 0 Å². The highest BCUT2D eigenvalue weighted by molar-refractivity contribution is 7.87. The molecular weight excluding hydrogens is 568 g/mol. The molecule has 0 fully saturated rings. The van der Waals surface area contributed by atoms with Gasteiger partial charge in [-0.2, -0.15) is 41.5 Å². The van der Waals surface area contributed by atoms with Crippen molar-refractivity contribution in [2.75, 3.05) is 15.2 Å². The van der Waals surface area contributed by atoms with Crippen LogP contribution in [0.5, 0.6) is 0 Å². The van der Waals surface area contributed by atoms with Crippen LogP contribution in [0.15, 0.2) is 65.6 Å². The number of carbonyl (C=O) groups is 1. The minimum Gasteiger partial charge on any atom is -0.324 e. The van der Waals surface area contributed by atoms with E-state index in [4.69, 9.17) is 16.9 Å². The van der Waals surface area contributed by atoms with Crippen LogP contribution in [-0.4, -0.2) is 52.1 Å². The van der Waals surface area contributed by atoms with Gasteiger partial charge in [0.15, 0.2) is 0 Å². The van der Waals surface area contributed by atoms with Gasteiger partial charge in [0.1, 0.15) is 0 Å². The van der Waals surface area contributed by atoms with Crippen LogP contribution in [0.25, 0.3) is 10.8 Å². The lowest BCUT2D eigenvalue weighted by atomic mass is 10.1. The van der Waals surface area contributed by atoms with E-state index in [2.05, 4.69) is 30.6 Å². The van der Waals surface area contributed by atoms with Gasteiger partial charge in [-0.05, 0) is 53.4 Å². The van der Waals surface area contributed by atoms with Gasteiger partial charge in [-0.1, -0.05) is 24.3 Å². The Morgan fingerprint density at radius 2 is 1.58 bits per heavy atom. The number of carbonyl (C=O) groups excluding carboxylic acids is 1. The van der Waals surface area contributed by atoms with Crippen molar-refractivity contribution < 1.29 is 40.9 Å². The summed E-state index contributed by atoms with van der Waals surface area (Å²) in [6, 6.07) is 13.4. The van der Waals surface area contributed by atoms with Crippen LogP contribution in [0.4, 0.5) is 23.3 Å². The maximum atomic E-state index is 12.3. The molecule has 1 heterocycles. The van der Waals surface area contributed by atoms with Crippen molar-refractivity contribution in [3.05, 3.63) is 71.5 Å². The van der Waals surface area contributed by atoms with Crippen LogP contribution in [0.1, 0.15) is 10.4 Å². The average molecular weight is 583 g/mol. The topological polar surface area (TPSA) is 221 Å². The number of anilines is 4. The Morgan fingerprint density at radius 3 is 2.21 bits per heavy atom. The number of nitrogens with zero attached hydrogens (tertiary/aromatic N) is 4. The Hall–Kier alpha value is -4.13. The Bertz CT molecular complexity index is 1750. The number of nitrogens with one attached hydrogen (secondary N) is 2. The summed E-state index contributed by atoms with van der Waals surface area (Å²) in [5.74, 6) is -1.68. The molecule has 3 aromatic carbocycles. The van der Waals surface area contributed by atoms with Crippen molar-refractivity contribution in [2.24, 2.45) is 0 Å². The monoisotopic (exact) mass is 582 g/mol. The minimum atomic E-state index is -5.15. The molecule has 4 rings (SSSR count). The zero-order valence-corrected chi connectivity index (χ0v) is 20.9. The van der Waals surface area contributed by atoms with Crippen molar-refractivity contribution in [2.45, 2.75) is 4.90 Å². The van der Waals surface area contributed by atoms with Crippen molar-refractivity contribution in [3.8, 4) is 0 Å². The Morgan fingerprint density at radius 1 is 0.921 bits per heavy atom. The number of benzene rings is 3. The van der Waals surface area contributed by atoms with Crippen molar-refractivity contribution in [3.63, 3.8) is 0 Å². The Labute approximate surface area is 219 Å². The molecule has 0 atom stereocenters. The summed E-state index contributed by atoms with van der Waals surface area (Å²) >= 11 is 5.95. The van der Waals surface area contributed by atoms with E-state index in [-0.39, 0.29) is 26.7 Å². The van der Waals surface area contributed by atoms with Crippen LogP contribution < -0.4 is 15.2 Å². The van der Waals surface area contributed by atoms with E-state index in [0.29, 0.717) is 5.69 Å². The Kier molecular flexibility index (Phi) is 7.31. The molecule has 0 saturated heterocycles. The van der Waals surface area contributed by atoms with Crippen LogP contribution >= 0.6 is 11.6 Å². The summed E-state index contributed by atoms with van der Waals surface area (Å²) in [6.07, 6.45) is 0. The molecule has 0 spiro atoms. The van der Waals surface area contributed by atoms with Gasteiger partial charge in [-0.3, -0.25) is 14.0 Å². The molecule has 0 amide bonds. The number of hydrazine groups is 1. The van der Waals surface area contributed by atoms with Gasteiger partial charge in [0.25, 0.3) is 10.1 Å². The highest BCUT2D eigenvalue weighted by Crippen LogP contribution is 2.32. The first kappa shape index (κ1) is 26.9. The van der Waals surface area contributed by atoms with E-state index in [1.54, 1.807) is 6.07 Å². The number of halogens is 1. The third-order valence-corrected chi connectivity index (χ3v) is 6.58. The molecule has 0 saturated carbocycles. The fraction of sp³-hybridized carbons (Fsp3) is 0. The summed E-state index contributed by atoms with van der Waals surface area (Å²) in [4.78, 5) is 26.0. The number of rotatable bonds is 8. The van der Waals surface area contributed by atoms with Gasteiger partial charge in [0.05, 0.1) is 16.1 Å². The lowest BCUT2D eigenvalue weighted by Crippen LogP contribution is -2.37. The van der Waals surface area contributed by atoms with Crippen molar-refractivity contribution in [1.29, 1.82) is 0 Å².